The molecule has 2 aliphatic heterocycles. The van der Waals surface area contributed by atoms with E-state index in [1.807, 2.05) is 0 Å². The summed E-state index contributed by atoms with van der Waals surface area (Å²) in [6.07, 6.45) is 6.48. The Labute approximate surface area is 152 Å². The minimum Gasteiger partial charge on any atom is -0.381 e. The molecule has 0 radical (unpaired) electrons. The first-order valence-electron chi connectivity index (χ1n) is 8.91. The molecule has 2 fully saturated rings. The maximum absolute atomic E-state index is 11.6. The molecule has 1 aromatic heterocycles. The van der Waals surface area contributed by atoms with Crippen molar-refractivity contribution < 1.29 is 22.4 Å². The van der Waals surface area contributed by atoms with Crippen molar-refractivity contribution in [2.75, 3.05) is 19.8 Å². The van der Waals surface area contributed by atoms with Crippen LogP contribution in [0.4, 0.5) is 0 Å². The lowest BCUT2D eigenvalue weighted by atomic mass is 10.1. The monoisotopic (exact) mass is 378 g/mol. The summed E-state index contributed by atoms with van der Waals surface area (Å²) in [5.74, 6) is 0. The van der Waals surface area contributed by atoms with E-state index in [2.05, 4.69) is 6.08 Å². The zero-order valence-corrected chi connectivity index (χ0v) is 15.2. The molecule has 140 valence electrons. The molecule has 3 heterocycles. The molecule has 26 heavy (non-hydrogen) atoms. The van der Waals surface area contributed by atoms with Crippen molar-refractivity contribution in [1.82, 2.24) is 9.78 Å². The third kappa shape index (κ3) is 3.55. The summed E-state index contributed by atoms with van der Waals surface area (Å²) in [6.45, 7) is 2.09. The minimum atomic E-state index is -4.27. The molecule has 0 saturated carbocycles. The summed E-state index contributed by atoms with van der Waals surface area (Å²) in [6, 6.07) is 4.59. The molecule has 0 bridgehead atoms. The van der Waals surface area contributed by atoms with Gasteiger partial charge in [0.05, 0.1) is 29.3 Å². The predicted molar refractivity (Wildman–Crippen MR) is 96.4 cm³/mol. The molecule has 7 nitrogen and oxygen atoms in total. The van der Waals surface area contributed by atoms with Crippen molar-refractivity contribution in [3.63, 3.8) is 0 Å². The lowest BCUT2D eigenvalue weighted by Gasteiger charge is -2.23. The summed E-state index contributed by atoms with van der Waals surface area (Å²) < 4.78 is 45.5. The number of rotatable bonds is 3. The fourth-order valence-corrected chi connectivity index (χ4v) is 4.02. The first kappa shape index (κ1) is 17.7. The van der Waals surface area contributed by atoms with Crippen LogP contribution in [0.2, 0.25) is 0 Å². The van der Waals surface area contributed by atoms with Crippen LogP contribution >= 0.6 is 0 Å². The van der Waals surface area contributed by atoms with Gasteiger partial charge >= 0.3 is 0 Å². The minimum absolute atomic E-state index is 0.132. The van der Waals surface area contributed by atoms with Gasteiger partial charge in [0.2, 0.25) is 0 Å². The second kappa shape index (κ2) is 7.11. The first-order chi connectivity index (χ1) is 12.5. The zero-order valence-electron chi connectivity index (χ0n) is 14.4. The predicted octanol–water partition coefficient (Wildman–Crippen LogP) is 3.18. The molecule has 8 heteroatoms. The van der Waals surface area contributed by atoms with Gasteiger partial charge in [-0.3, -0.25) is 4.55 Å². The summed E-state index contributed by atoms with van der Waals surface area (Å²) >= 11 is 0. The average molecular weight is 378 g/mol. The molecular formula is C18H22N2O5S. The van der Waals surface area contributed by atoms with Gasteiger partial charge in [-0.05, 0) is 56.4 Å². The third-order valence-electron chi connectivity index (χ3n) is 4.91. The van der Waals surface area contributed by atoms with Crippen LogP contribution in [0.1, 0.15) is 44.0 Å². The Kier molecular flexibility index (Phi) is 4.83. The standard InChI is InChI=1S/C18H22N2O5S/c21-26(22,23)14-4-5-15-16(11-13-6-9-24-10-7-13)19-20(17(15)12-14)18-3-1-2-8-25-18/h4-5,11-12,18H,1-3,6-10H2,(H,21,22,23). The molecule has 4 rings (SSSR count). The second-order valence-corrected chi connectivity index (χ2v) is 8.14. The molecule has 0 aliphatic carbocycles. The quantitative estimate of drug-likeness (QED) is 0.825. The highest BCUT2D eigenvalue weighted by molar-refractivity contribution is 7.85. The first-order valence-corrected chi connectivity index (χ1v) is 10.3. The Morgan fingerprint density at radius 3 is 2.69 bits per heavy atom. The smallest absolute Gasteiger partial charge is 0.294 e. The van der Waals surface area contributed by atoms with E-state index in [1.54, 1.807) is 10.7 Å². The van der Waals surface area contributed by atoms with Gasteiger partial charge in [-0.1, -0.05) is 5.57 Å². The number of fused-ring (bicyclic) bond motifs is 1. The molecule has 2 aliphatic rings. The van der Waals surface area contributed by atoms with Crippen molar-refractivity contribution in [3.05, 3.63) is 29.5 Å². The van der Waals surface area contributed by atoms with Crippen LogP contribution < -0.4 is 0 Å². The largest absolute Gasteiger partial charge is 0.381 e. The summed E-state index contributed by atoms with van der Waals surface area (Å²) in [5.41, 5.74) is 2.73. The molecule has 0 amide bonds. The average Bonchev–Trinajstić information content (AvgIpc) is 3.00. The van der Waals surface area contributed by atoms with Gasteiger partial charge in [-0.15, -0.1) is 0 Å². The highest BCUT2D eigenvalue weighted by Crippen LogP contribution is 2.31. The molecule has 2 saturated heterocycles. The van der Waals surface area contributed by atoms with E-state index < -0.39 is 10.1 Å². The van der Waals surface area contributed by atoms with Crippen LogP contribution in [0.25, 0.3) is 17.0 Å². The van der Waals surface area contributed by atoms with Crippen molar-refractivity contribution in [1.29, 1.82) is 0 Å². The van der Waals surface area contributed by atoms with Crippen molar-refractivity contribution in [2.24, 2.45) is 0 Å². The fraction of sp³-hybridized carbons (Fsp3) is 0.500. The maximum Gasteiger partial charge on any atom is 0.294 e. The van der Waals surface area contributed by atoms with Gasteiger partial charge in [0.15, 0.2) is 6.23 Å². The molecule has 0 spiro atoms. The van der Waals surface area contributed by atoms with Crippen molar-refractivity contribution in [2.45, 2.75) is 43.2 Å². The number of ether oxygens (including phenoxy) is 2. The molecular weight excluding hydrogens is 356 g/mol. The van der Waals surface area contributed by atoms with E-state index in [9.17, 15) is 13.0 Å². The van der Waals surface area contributed by atoms with Gasteiger partial charge in [0.25, 0.3) is 10.1 Å². The SMILES string of the molecule is O=S(=O)(O)c1ccc2c(C=C3CCOCC3)nn(C3CCCCO3)c2c1. The number of hydrogen-bond donors (Lipinski definition) is 1. The van der Waals surface area contributed by atoms with E-state index >= 15 is 0 Å². The highest BCUT2D eigenvalue weighted by Gasteiger charge is 2.22. The van der Waals surface area contributed by atoms with Crippen LogP contribution in [-0.2, 0) is 19.6 Å². The van der Waals surface area contributed by atoms with E-state index in [4.69, 9.17) is 14.6 Å². The Balaban J connectivity index is 1.84. The van der Waals surface area contributed by atoms with Crippen LogP contribution in [0.5, 0.6) is 0 Å². The fourth-order valence-electron chi connectivity index (χ4n) is 3.52. The molecule has 1 N–H and O–H groups in total. The summed E-state index contributed by atoms with van der Waals surface area (Å²) in [5, 5.41) is 5.58. The Bertz CT molecular complexity index is 934. The van der Waals surface area contributed by atoms with Gasteiger partial charge < -0.3 is 9.47 Å². The molecule has 2 aromatic rings. The molecule has 1 aromatic carbocycles. The zero-order chi connectivity index (χ0) is 18.1. The van der Waals surface area contributed by atoms with Gasteiger partial charge in [0.1, 0.15) is 0 Å². The Morgan fingerprint density at radius 2 is 2.00 bits per heavy atom. The third-order valence-corrected chi connectivity index (χ3v) is 5.76. The molecule has 1 unspecified atom stereocenters. The van der Waals surface area contributed by atoms with Gasteiger partial charge in [0, 0.05) is 12.0 Å². The Hall–Kier alpha value is -1.74. The van der Waals surface area contributed by atoms with Crippen LogP contribution in [0, 0.1) is 0 Å². The summed E-state index contributed by atoms with van der Waals surface area (Å²) in [7, 11) is -4.27. The van der Waals surface area contributed by atoms with E-state index in [-0.39, 0.29) is 11.1 Å². The van der Waals surface area contributed by atoms with E-state index in [1.165, 1.54) is 17.7 Å². The second-order valence-electron chi connectivity index (χ2n) is 6.72. The van der Waals surface area contributed by atoms with Crippen LogP contribution in [-0.4, -0.2) is 42.6 Å². The van der Waals surface area contributed by atoms with Crippen LogP contribution in [0.3, 0.4) is 0 Å². The van der Waals surface area contributed by atoms with Crippen LogP contribution in [0.15, 0.2) is 28.7 Å². The maximum atomic E-state index is 11.6. The topological polar surface area (TPSA) is 90.7 Å². The highest BCUT2D eigenvalue weighted by atomic mass is 32.2. The normalized spacial score (nSPS) is 21.9. The van der Waals surface area contributed by atoms with Gasteiger partial charge in [-0.25, -0.2) is 4.68 Å². The number of aromatic nitrogens is 2. The summed E-state index contributed by atoms with van der Waals surface area (Å²) in [4.78, 5) is -0.132. The van der Waals surface area contributed by atoms with Crippen molar-refractivity contribution >= 4 is 27.1 Å². The number of benzene rings is 1. The molecule has 1 atom stereocenters. The lowest BCUT2D eigenvalue weighted by molar-refractivity contribution is -0.0367. The number of hydrogen-bond acceptors (Lipinski definition) is 5. The van der Waals surface area contributed by atoms with E-state index in [0.717, 1.165) is 43.2 Å². The van der Waals surface area contributed by atoms with Crippen molar-refractivity contribution in [3.8, 4) is 0 Å². The van der Waals surface area contributed by atoms with Gasteiger partial charge in [-0.2, -0.15) is 13.5 Å². The van der Waals surface area contributed by atoms with E-state index in [0.29, 0.717) is 25.3 Å². The lowest BCUT2D eigenvalue weighted by Crippen LogP contribution is -2.19. The Morgan fingerprint density at radius 1 is 1.19 bits per heavy atom. The number of nitrogens with zero attached hydrogens (tertiary/aromatic N) is 2.